The fraction of sp³-hybridized carbons (Fsp3) is 0.556. The highest BCUT2D eigenvalue weighted by atomic mass is 16.6. The van der Waals surface area contributed by atoms with Gasteiger partial charge in [-0.15, -0.1) is 0 Å². The molecule has 10 atom stereocenters. The van der Waals surface area contributed by atoms with Gasteiger partial charge in [-0.1, -0.05) is 86.8 Å². The molecule has 47 heavy (non-hydrogen) atoms. The molecule has 11 heteroatoms. The number of nitrogens with one attached hydrogen (secondary N) is 1. The first-order valence-corrected chi connectivity index (χ1v) is 16.0. The zero-order chi connectivity index (χ0) is 35.2. The number of aliphatic hydroxyl groups is 4. The van der Waals surface area contributed by atoms with Crippen LogP contribution in [0.1, 0.15) is 53.9 Å². The van der Waals surface area contributed by atoms with Crippen molar-refractivity contribution < 1.29 is 49.3 Å². The zero-order valence-corrected chi connectivity index (χ0v) is 28.2. The van der Waals surface area contributed by atoms with E-state index in [9.17, 15) is 30.0 Å². The highest BCUT2D eigenvalue weighted by Crippen LogP contribution is 2.40. The fourth-order valence-electron chi connectivity index (χ4n) is 5.85. The van der Waals surface area contributed by atoms with Crippen LogP contribution in [-0.4, -0.2) is 99.1 Å². The number of hydrogen-bond acceptors (Lipinski definition) is 9. The average Bonchev–Trinajstić information content (AvgIpc) is 3.38. The van der Waals surface area contributed by atoms with Gasteiger partial charge in [-0.05, 0) is 32.8 Å². The van der Waals surface area contributed by atoms with Crippen molar-refractivity contribution in [3.8, 4) is 0 Å². The van der Waals surface area contributed by atoms with Crippen molar-refractivity contribution in [3.05, 3.63) is 84.6 Å². The van der Waals surface area contributed by atoms with Gasteiger partial charge in [0.15, 0.2) is 5.79 Å². The minimum atomic E-state index is -1.98. The summed E-state index contributed by atoms with van der Waals surface area (Å²) < 4.78 is 17.7. The number of carboxylic acids is 1. The number of aliphatic carboxylic acids is 1. The van der Waals surface area contributed by atoms with Gasteiger partial charge in [0.2, 0.25) is 5.91 Å². The van der Waals surface area contributed by atoms with Gasteiger partial charge < -0.3 is 45.1 Å². The molecular formula is C36H53NO10. The standard InChI is InChI=1S/C36H53NO10/c1-7-9-12-19-31-35(5,43)30(39)23-36(44,47-31)26(8-2)34(42)37-21-16-15-17-24(3)33(45-6)25(4)29-22-27(38)28(46-29)18-13-10-11-14-20-32(40)41/h7,9-20,25-31,33,38-39,43-44H,8,21-23H2,1-6H3,(H,37,42)(H,40,41)/b9-7-,11-10+,16-15+,18-13+,19-12+,20-14+,24-17+/t25?,26?,27?,28?,29?,30-,31-,33?,35+,36-/m0/s1. The Labute approximate surface area is 278 Å². The molecule has 2 aliphatic heterocycles. The summed E-state index contributed by atoms with van der Waals surface area (Å²) in [6.07, 6.45) is 17.5. The number of allylic oxidation sites excluding steroid dienone is 9. The third-order valence-corrected chi connectivity index (χ3v) is 8.64. The normalized spacial score (nSPS) is 32.8. The second-order valence-electron chi connectivity index (χ2n) is 12.2. The molecule has 0 bridgehead atoms. The number of amides is 1. The van der Waals surface area contributed by atoms with E-state index in [1.54, 1.807) is 74.8 Å². The van der Waals surface area contributed by atoms with E-state index in [4.69, 9.17) is 19.3 Å². The van der Waals surface area contributed by atoms with Crippen LogP contribution in [0.2, 0.25) is 0 Å². The highest BCUT2D eigenvalue weighted by molar-refractivity contribution is 5.80. The van der Waals surface area contributed by atoms with Crippen LogP contribution in [0, 0.1) is 11.8 Å². The molecule has 262 valence electrons. The predicted molar refractivity (Wildman–Crippen MR) is 179 cm³/mol. The van der Waals surface area contributed by atoms with Gasteiger partial charge in [0.25, 0.3) is 0 Å². The highest BCUT2D eigenvalue weighted by Gasteiger charge is 2.55. The summed E-state index contributed by atoms with van der Waals surface area (Å²) in [6.45, 7) is 9.11. The zero-order valence-electron chi connectivity index (χ0n) is 28.2. The second-order valence-corrected chi connectivity index (χ2v) is 12.2. The van der Waals surface area contributed by atoms with Crippen molar-refractivity contribution >= 4 is 11.9 Å². The summed E-state index contributed by atoms with van der Waals surface area (Å²) >= 11 is 0. The third kappa shape index (κ3) is 11.5. The number of methoxy groups -OCH3 is 1. The third-order valence-electron chi connectivity index (χ3n) is 8.64. The molecule has 2 aliphatic rings. The minimum Gasteiger partial charge on any atom is -0.478 e. The molecule has 2 saturated heterocycles. The molecule has 2 fully saturated rings. The molecule has 0 aliphatic carbocycles. The lowest BCUT2D eigenvalue weighted by molar-refractivity contribution is -0.329. The largest absolute Gasteiger partial charge is 0.478 e. The van der Waals surface area contributed by atoms with Crippen LogP contribution in [-0.2, 0) is 23.8 Å². The molecule has 1 amide bonds. The molecule has 6 unspecified atom stereocenters. The van der Waals surface area contributed by atoms with Crippen LogP contribution in [0.3, 0.4) is 0 Å². The number of carbonyl (C=O) groups excluding carboxylic acids is 1. The summed E-state index contributed by atoms with van der Waals surface area (Å²) in [4.78, 5) is 23.7. The van der Waals surface area contributed by atoms with E-state index in [0.717, 1.165) is 11.6 Å². The fourth-order valence-corrected chi connectivity index (χ4v) is 5.85. The van der Waals surface area contributed by atoms with Crippen molar-refractivity contribution in [2.24, 2.45) is 11.8 Å². The first kappa shape index (κ1) is 40.0. The van der Waals surface area contributed by atoms with Crippen LogP contribution < -0.4 is 5.32 Å². The van der Waals surface area contributed by atoms with Gasteiger partial charge >= 0.3 is 5.97 Å². The Hall–Kier alpha value is -3.16. The summed E-state index contributed by atoms with van der Waals surface area (Å²) in [5.41, 5.74) is -0.727. The van der Waals surface area contributed by atoms with E-state index >= 15 is 0 Å². The smallest absolute Gasteiger partial charge is 0.328 e. The minimum absolute atomic E-state index is 0.0826. The summed E-state index contributed by atoms with van der Waals surface area (Å²) in [5.74, 6) is -4.52. The molecule has 2 heterocycles. The Morgan fingerprint density at radius 3 is 2.38 bits per heavy atom. The molecule has 0 aromatic carbocycles. The van der Waals surface area contributed by atoms with Crippen LogP contribution in [0.15, 0.2) is 84.6 Å². The van der Waals surface area contributed by atoms with Crippen molar-refractivity contribution in [1.82, 2.24) is 5.32 Å². The second kappa shape index (κ2) is 19.0. The summed E-state index contributed by atoms with van der Waals surface area (Å²) in [7, 11) is 1.61. The van der Waals surface area contributed by atoms with Crippen molar-refractivity contribution in [3.63, 3.8) is 0 Å². The molecule has 2 rings (SSSR count). The molecule has 0 saturated carbocycles. The number of carboxylic acid groups (broad SMARTS) is 1. The first-order chi connectivity index (χ1) is 22.2. The molecule has 11 nitrogen and oxygen atoms in total. The van der Waals surface area contributed by atoms with E-state index in [2.05, 4.69) is 5.32 Å². The SMILES string of the molecule is C/C=C\C=C\[C@@H]1O[C@](O)(C(CC)C(=O)NC/C=C/C=C(\C)C(OC)C(C)C2CC(O)C(/C=C/C=C/C=C/C(=O)O)O2)C[C@H](O)[C@@]1(C)O. The van der Waals surface area contributed by atoms with Crippen molar-refractivity contribution in [1.29, 1.82) is 0 Å². The number of aliphatic hydroxyl groups excluding tert-OH is 2. The Morgan fingerprint density at radius 2 is 1.74 bits per heavy atom. The molecule has 0 radical (unpaired) electrons. The van der Waals surface area contributed by atoms with Gasteiger partial charge in [0, 0.05) is 38.5 Å². The number of rotatable bonds is 16. The van der Waals surface area contributed by atoms with Gasteiger partial charge in [-0.25, -0.2) is 4.79 Å². The van der Waals surface area contributed by atoms with Crippen LogP contribution in [0.5, 0.6) is 0 Å². The first-order valence-electron chi connectivity index (χ1n) is 16.0. The number of carbonyl (C=O) groups is 2. The van der Waals surface area contributed by atoms with Crippen LogP contribution in [0.25, 0.3) is 0 Å². The Morgan fingerprint density at radius 1 is 1.06 bits per heavy atom. The van der Waals surface area contributed by atoms with E-state index in [1.165, 1.54) is 13.0 Å². The monoisotopic (exact) mass is 659 g/mol. The molecule has 6 N–H and O–H groups in total. The molecular weight excluding hydrogens is 606 g/mol. The molecule has 0 aromatic rings. The quantitative estimate of drug-likeness (QED) is 0.107. The van der Waals surface area contributed by atoms with E-state index < -0.39 is 53.6 Å². The van der Waals surface area contributed by atoms with Gasteiger partial charge in [0.05, 0.1) is 30.3 Å². The lowest BCUT2D eigenvalue weighted by Crippen LogP contribution is -2.64. The van der Waals surface area contributed by atoms with Gasteiger partial charge in [-0.2, -0.15) is 0 Å². The van der Waals surface area contributed by atoms with E-state index in [0.29, 0.717) is 6.42 Å². The molecule has 0 spiro atoms. The number of hydrogen-bond donors (Lipinski definition) is 6. The lowest BCUT2D eigenvalue weighted by Gasteiger charge is -2.49. The Bertz CT molecular complexity index is 1230. The van der Waals surface area contributed by atoms with Crippen LogP contribution in [0.4, 0.5) is 0 Å². The number of ether oxygens (including phenoxy) is 3. The van der Waals surface area contributed by atoms with Crippen molar-refractivity contribution in [2.75, 3.05) is 13.7 Å². The van der Waals surface area contributed by atoms with E-state index in [1.807, 2.05) is 26.8 Å². The van der Waals surface area contributed by atoms with Crippen molar-refractivity contribution in [2.45, 2.75) is 102 Å². The summed E-state index contributed by atoms with van der Waals surface area (Å²) in [5, 5.41) is 54.8. The lowest BCUT2D eigenvalue weighted by atomic mass is 9.79. The Balaban J connectivity index is 1.97. The molecule has 0 aromatic heterocycles. The predicted octanol–water partition coefficient (Wildman–Crippen LogP) is 3.28. The van der Waals surface area contributed by atoms with Crippen LogP contribution >= 0.6 is 0 Å². The maximum Gasteiger partial charge on any atom is 0.328 e. The summed E-state index contributed by atoms with van der Waals surface area (Å²) in [6, 6.07) is 0. The van der Waals surface area contributed by atoms with Gasteiger partial charge in [-0.3, -0.25) is 4.79 Å². The maximum atomic E-state index is 13.1. The van der Waals surface area contributed by atoms with Gasteiger partial charge in [0.1, 0.15) is 17.8 Å². The maximum absolute atomic E-state index is 13.1. The van der Waals surface area contributed by atoms with E-state index in [-0.39, 0.29) is 37.5 Å². The average molecular weight is 660 g/mol. The topological polar surface area (TPSA) is 175 Å². The Kier molecular flexibility index (Phi) is 16.2.